The van der Waals surface area contributed by atoms with Crippen molar-refractivity contribution in [2.45, 2.75) is 0 Å². The number of hydrogen-bond acceptors (Lipinski definition) is 5. The second-order valence-corrected chi connectivity index (χ2v) is 4.02. The topological polar surface area (TPSA) is 92.4 Å². The van der Waals surface area contributed by atoms with E-state index in [0.29, 0.717) is 31.8 Å². The van der Waals surface area contributed by atoms with Crippen molar-refractivity contribution in [2.75, 3.05) is 39.9 Å². The number of carbonyl (C=O) groups excluding carboxylic acids is 2. The van der Waals surface area contributed by atoms with Gasteiger partial charge in [-0.05, 0) is 12.1 Å². The minimum Gasteiger partial charge on any atom is -0.383 e. The Balaban J connectivity index is 0. The van der Waals surface area contributed by atoms with E-state index in [4.69, 9.17) is 4.74 Å². The number of methoxy groups -OCH3 is 1. The Morgan fingerprint density at radius 2 is 1.91 bits per heavy atom. The molecule has 1 aromatic heterocycles. The van der Waals surface area contributed by atoms with E-state index >= 15 is 0 Å². The minimum absolute atomic E-state index is 0. The molecule has 0 aromatic carbocycles. The molecular formula is C13H22Cl2N4O3. The first kappa shape index (κ1) is 22.9. The SMILES string of the molecule is COCCNCC(=O)NCCNC(=O)c1cccnc1.Cl.Cl. The van der Waals surface area contributed by atoms with E-state index in [1.165, 1.54) is 6.20 Å². The third kappa shape index (κ3) is 10.3. The summed E-state index contributed by atoms with van der Waals surface area (Å²) in [6.45, 7) is 2.18. The van der Waals surface area contributed by atoms with Gasteiger partial charge in [-0.15, -0.1) is 24.8 Å². The summed E-state index contributed by atoms with van der Waals surface area (Å²) in [4.78, 5) is 26.9. The first-order valence-electron chi connectivity index (χ1n) is 6.38. The molecule has 0 spiro atoms. The van der Waals surface area contributed by atoms with Crippen LogP contribution in [0.3, 0.4) is 0 Å². The molecule has 0 saturated heterocycles. The molecule has 22 heavy (non-hydrogen) atoms. The first-order valence-corrected chi connectivity index (χ1v) is 6.38. The maximum Gasteiger partial charge on any atom is 0.252 e. The summed E-state index contributed by atoms with van der Waals surface area (Å²) in [5.74, 6) is -0.317. The van der Waals surface area contributed by atoms with Gasteiger partial charge in [0.2, 0.25) is 5.91 Å². The predicted octanol–water partition coefficient (Wildman–Crippen LogP) is 0.00720. The van der Waals surface area contributed by atoms with Crippen molar-refractivity contribution in [1.29, 1.82) is 0 Å². The molecule has 9 heteroatoms. The molecule has 1 aromatic rings. The molecule has 1 heterocycles. The molecule has 0 fully saturated rings. The Morgan fingerprint density at radius 1 is 1.18 bits per heavy atom. The van der Waals surface area contributed by atoms with Gasteiger partial charge in [0.15, 0.2) is 0 Å². The van der Waals surface area contributed by atoms with E-state index in [-0.39, 0.29) is 43.2 Å². The van der Waals surface area contributed by atoms with Crippen molar-refractivity contribution in [2.24, 2.45) is 0 Å². The second-order valence-electron chi connectivity index (χ2n) is 4.02. The van der Waals surface area contributed by atoms with E-state index in [9.17, 15) is 9.59 Å². The van der Waals surface area contributed by atoms with Crippen LogP contribution in [0.5, 0.6) is 0 Å². The third-order valence-electron chi connectivity index (χ3n) is 2.42. The fraction of sp³-hybridized carbons (Fsp3) is 0.462. The molecule has 0 radical (unpaired) electrons. The Morgan fingerprint density at radius 3 is 2.55 bits per heavy atom. The molecule has 0 bridgehead atoms. The molecule has 0 aliphatic heterocycles. The largest absolute Gasteiger partial charge is 0.383 e. The van der Waals surface area contributed by atoms with Gasteiger partial charge in [-0.2, -0.15) is 0 Å². The highest BCUT2D eigenvalue weighted by Crippen LogP contribution is 1.93. The molecule has 1 rings (SSSR count). The molecule has 0 unspecified atom stereocenters. The smallest absolute Gasteiger partial charge is 0.252 e. The maximum atomic E-state index is 11.6. The fourth-order valence-electron chi connectivity index (χ4n) is 1.42. The molecular weight excluding hydrogens is 331 g/mol. The Bertz CT molecular complexity index is 421. The van der Waals surface area contributed by atoms with Crippen LogP contribution in [-0.2, 0) is 9.53 Å². The number of pyridine rings is 1. The van der Waals surface area contributed by atoms with Crippen LogP contribution in [0.25, 0.3) is 0 Å². The van der Waals surface area contributed by atoms with Gasteiger partial charge >= 0.3 is 0 Å². The van der Waals surface area contributed by atoms with Gasteiger partial charge in [-0.25, -0.2) is 0 Å². The van der Waals surface area contributed by atoms with E-state index in [1.54, 1.807) is 25.4 Å². The summed E-state index contributed by atoms with van der Waals surface area (Å²) in [5.41, 5.74) is 0.500. The molecule has 3 N–H and O–H groups in total. The molecule has 0 atom stereocenters. The number of amides is 2. The summed E-state index contributed by atoms with van der Waals surface area (Å²) in [6.07, 6.45) is 3.10. The lowest BCUT2D eigenvalue weighted by molar-refractivity contribution is -0.120. The average Bonchev–Trinajstić information content (AvgIpc) is 2.49. The second kappa shape index (κ2) is 14.5. The zero-order valence-corrected chi connectivity index (χ0v) is 14.0. The van der Waals surface area contributed by atoms with Crippen LogP contribution in [0.4, 0.5) is 0 Å². The maximum absolute atomic E-state index is 11.6. The number of carbonyl (C=O) groups is 2. The Kier molecular flexibility index (Phi) is 15.1. The Labute approximate surface area is 142 Å². The highest BCUT2D eigenvalue weighted by Gasteiger charge is 2.04. The van der Waals surface area contributed by atoms with Crippen LogP contribution >= 0.6 is 24.8 Å². The van der Waals surface area contributed by atoms with Gasteiger partial charge < -0.3 is 20.7 Å². The number of rotatable bonds is 9. The predicted molar refractivity (Wildman–Crippen MR) is 88.8 cm³/mol. The number of aromatic nitrogens is 1. The van der Waals surface area contributed by atoms with E-state index in [2.05, 4.69) is 20.9 Å². The van der Waals surface area contributed by atoms with Crippen LogP contribution in [0.2, 0.25) is 0 Å². The monoisotopic (exact) mass is 352 g/mol. The van der Waals surface area contributed by atoms with Gasteiger partial charge in [0, 0.05) is 39.1 Å². The number of nitrogens with one attached hydrogen (secondary N) is 3. The molecule has 126 valence electrons. The van der Waals surface area contributed by atoms with Gasteiger partial charge in [0.25, 0.3) is 5.91 Å². The van der Waals surface area contributed by atoms with Crippen LogP contribution < -0.4 is 16.0 Å². The standard InChI is InChI=1S/C13H20N4O3.2ClH/c1-20-8-7-15-10-12(18)16-5-6-17-13(19)11-3-2-4-14-9-11;;/h2-4,9,15H,5-8,10H2,1H3,(H,16,18)(H,17,19);2*1H. The van der Waals surface area contributed by atoms with Gasteiger partial charge in [0.05, 0.1) is 18.7 Å². The van der Waals surface area contributed by atoms with E-state index in [0.717, 1.165) is 0 Å². The Hall–Kier alpha value is -1.41. The van der Waals surface area contributed by atoms with Crippen LogP contribution in [0.1, 0.15) is 10.4 Å². The summed E-state index contributed by atoms with van der Waals surface area (Å²) < 4.78 is 4.84. The van der Waals surface area contributed by atoms with E-state index < -0.39 is 0 Å². The number of halogens is 2. The summed E-state index contributed by atoms with van der Waals surface area (Å²) in [6, 6.07) is 3.38. The molecule has 0 aliphatic carbocycles. The lowest BCUT2D eigenvalue weighted by Gasteiger charge is -2.07. The number of hydrogen-bond donors (Lipinski definition) is 3. The summed E-state index contributed by atoms with van der Waals surface area (Å²) >= 11 is 0. The minimum atomic E-state index is -0.203. The van der Waals surface area contributed by atoms with Crippen molar-refractivity contribution >= 4 is 36.6 Å². The fourth-order valence-corrected chi connectivity index (χ4v) is 1.42. The molecule has 2 amide bonds. The van der Waals surface area contributed by atoms with Gasteiger partial charge in [0.1, 0.15) is 0 Å². The average molecular weight is 353 g/mol. The quantitative estimate of drug-likeness (QED) is 0.544. The van der Waals surface area contributed by atoms with Crippen LogP contribution in [-0.4, -0.2) is 56.7 Å². The zero-order chi connectivity index (χ0) is 14.6. The van der Waals surface area contributed by atoms with Gasteiger partial charge in [-0.3, -0.25) is 14.6 Å². The molecule has 7 nitrogen and oxygen atoms in total. The van der Waals surface area contributed by atoms with Crippen molar-refractivity contribution in [3.63, 3.8) is 0 Å². The highest BCUT2D eigenvalue weighted by molar-refractivity contribution is 5.93. The number of ether oxygens (including phenoxy) is 1. The van der Waals surface area contributed by atoms with Crippen LogP contribution in [0, 0.1) is 0 Å². The summed E-state index contributed by atoms with van der Waals surface area (Å²) in [5, 5.41) is 8.32. The summed E-state index contributed by atoms with van der Waals surface area (Å²) in [7, 11) is 1.60. The van der Waals surface area contributed by atoms with Crippen LogP contribution in [0.15, 0.2) is 24.5 Å². The lowest BCUT2D eigenvalue weighted by atomic mass is 10.3. The van der Waals surface area contributed by atoms with Crippen molar-refractivity contribution in [1.82, 2.24) is 20.9 Å². The van der Waals surface area contributed by atoms with Crippen molar-refractivity contribution in [3.8, 4) is 0 Å². The van der Waals surface area contributed by atoms with Crippen molar-refractivity contribution in [3.05, 3.63) is 30.1 Å². The number of nitrogens with zero attached hydrogens (tertiary/aromatic N) is 1. The normalized spacial score (nSPS) is 9.14. The lowest BCUT2D eigenvalue weighted by Crippen LogP contribution is -2.39. The third-order valence-corrected chi connectivity index (χ3v) is 2.42. The van der Waals surface area contributed by atoms with Gasteiger partial charge in [-0.1, -0.05) is 0 Å². The first-order chi connectivity index (χ1) is 9.74. The zero-order valence-electron chi connectivity index (χ0n) is 12.3. The molecule has 0 saturated carbocycles. The molecule has 0 aliphatic rings. The highest BCUT2D eigenvalue weighted by atomic mass is 35.5. The van der Waals surface area contributed by atoms with E-state index in [1.807, 2.05) is 0 Å². The van der Waals surface area contributed by atoms with Crippen molar-refractivity contribution < 1.29 is 14.3 Å².